The van der Waals surface area contributed by atoms with Gasteiger partial charge in [-0.25, -0.2) is 9.97 Å². The molecule has 0 spiro atoms. The van der Waals surface area contributed by atoms with E-state index in [0.29, 0.717) is 0 Å². The fourth-order valence-electron chi connectivity index (χ4n) is 5.57. The van der Waals surface area contributed by atoms with Crippen LogP contribution in [0, 0.1) is 0 Å². The summed E-state index contributed by atoms with van der Waals surface area (Å²) >= 11 is 1.72. The molecular formula is C32H20N4S. The maximum atomic E-state index is 4.80. The maximum Gasteiger partial charge on any atom is 0.137 e. The monoisotopic (exact) mass is 492 g/mol. The Labute approximate surface area is 216 Å². The second-order valence-corrected chi connectivity index (χ2v) is 10.1. The van der Waals surface area contributed by atoms with E-state index in [4.69, 9.17) is 9.97 Å². The van der Waals surface area contributed by atoms with Crippen molar-refractivity contribution >= 4 is 54.9 Å². The highest BCUT2D eigenvalue weighted by Gasteiger charge is 2.21. The smallest absolute Gasteiger partial charge is 0.137 e. The minimum atomic E-state index is 0.923. The highest BCUT2D eigenvalue weighted by Crippen LogP contribution is 2.43. The number of aromatic nitrogens is 4. The molecule has 8 rings (SSSR count). The van der Waals surface area contributed by atoms with Crippen molar-refractivity contribution in [2.24, 2.45) is 0 Å². The molecule has 0 aliphatic heterocycles. The molecule has 4 heterocycles. The SMILES string of the molecule is c1ccc(-c2ncc(-n3c4ccccc4c4c5c6ccccc6n(-c6ccccn6)c5ccc43)s2)cc1. The Balaban J connectivity index is 1.50. The summed E-state index contributed by atoms with van der Waals surface area (Å²) in [5.41, 5.74) is 5.82. The molecule has 0 aliphatic rings. The van der Waals surface area contributed by atoms with Gasteiger partial charge >= 0.3 is 0 Å². The van der Waals surface area contributed by atoms with Crippen LogP contribution in [0.5, 0.6) is 0 Å². The Bertz CT molecular complexity index is 2080. The quantitative estimate of drug-likeness (QED) is 0.248. The summed E-state index contributed by atoms with van der Waals surface area (Å²) < 4.78 is 4.64. The standard InChI is InChI=1S/C32H20N4S/c1-2-10-21(11-3-1)32-34-20-29(37-32)36-25-15-7-5-13-23(25)31-27(36)18-17-26-30(31)22-12-4-6-14-24(22)35(26)28-16-8-9-19-33-28/h1-20H. The first kappa shape index (κ1) is 20.5. The van der Waals surface area contributed by atoms with E-state index in [1.165, 1.54) is 32.6 Å². The third kappa shape index (κ3) is 2.95. The van der Waals surface area contributed by atoms with Crippen molar-refractivity contribution in [1.29, 1.82) is 0 Å². The second kappa shape index (κ2) is 7.88. The fourth-order valence-corrected chi connectivity index (χ4v) is 6.52. The van der Waals surface area contributed by atoms with Gasteiger partial charge in [0, 0.05) is 33.3 Å². The third-order valence-electron chi connectivity index (χ3n) is 7.08. The number of nitrogens with zero attached hydrogens (tertiary/aromatic N) is 4. The molecule has 5 heteroatoms. The van der Waals surface area contributed by atoms with Gasteiger partial charge in [-0.2, -0.15) is 0 Å². The van der Waals surface area contributed by atoms with Crippen molar-refractivity contribution < 1.29 is 0 Å². The zero-order valence-corrected chi connectivity index (χ0v) is 20.6. The molecule has 0 aliphatic carbocycles. The first-order valence-electron chi connectivity index (χ1n) is 12.3. The van der Waals surface area contributed by atoms with Crippen molar-refractivity contribution in [3.05, 3.63) is 122 Å². The zero-order valence-electron chi connectivity index (χ0n) is 19.7. The van der Waals surface area contributed by atoms with Crippen LogP contribution in [0.3, 0.4) is 0 Å². The molecule has 0 amide bonds. The topological polar surface area (TPSA) is 35.6 Å². The average Bonchev–Trinajstić information content (AvgIpc) is 3.66. The summed E-state index contributed by atoms with van der Waals surface area (Å²) in [6, 6.07) is 38.3. The largest absolute Gasteiger partial charge is 0.299 e. The molecule has 4 aromatic heterocycles. The van der Waals surface area contributed by atoms with Gasteiger partial charge in [0.05, 0.1) is 28.3 Å². The number of thiazole rings is 1. The molecule has 0 saturated carbocycles. The lowest BCUT2D eigenvalue weighted by molar-refractivity contribution is 1.08. The molecule has 0 fully saturated rings. The molecule has 174 valence electrons. The van der Waals surface area contributed by atoms with Crippen LogP contribution >= 0.6 is 11.3 Å². The number of hydrogen-bond acceptors (Lipinski definition) is 3. The first-order valence-corrected chi connectivity index (χ1v) is 13.1. The van der Waals surface area contributed by atoms with E-state index in [9.17, 15) is 0 Å². The van der Waals surface area contributed by atoms with Gasteiger partial charge in [-0.3, -0.25) is 9.13 Å². The summed E-state index contributed by atoms with van der Waals surface area (Å²) in [6.07, 6.45) is 3.86. The molecule has 0 saturated heterocycles. The van der Waals surface area contributed by atoms with Crippen molar-refractivity contribution in [2.75, 3.05) is 0 Å². The van der Waals surface area contributed by atoms with Crippen LogP contribution < -0.4 is 0 Å². The number of fused-ring (bicyclic) bond motifs is 7. The maximum absolute atomic E-state index is 4.80. The van der Waals surface area contributed by atoms with Gasteiger partial charge in [0.25, 0.3) is 0 Å². The zero-order chi connectivity index (χ0) is 24.3. The summed E-state index contributed by atoms with van der Waals surface area (Å²) in [5.74, 6) is 0.923. The van der Waals surface area contributed by atoms with E-state index >= 15 is 0 Å². The van der Waals surface area contributed by atoms with Crippen LogP contribution in [0.1, 0.15) is 0 Å². The van der Waals surface area contributed by atoms with Crippen molar-refractivity contribution in [1.82, 2.24) is 19.1 Å². The molecule has 0 unspecified atom stereocenters. The van der Waals surface area contributed by atoms with Gasteiger partial charge in [-0.1, -0.05) is 84.1 Å². The predicted octanol–water partition coefficient (Wildman–Crippen LogP) is 8.40. The number of para-hydroxylation sites is 2. The lowest BCUT2D eigenvalue weighted by Crippen LogP contribution is -1.96. The fraction of sp³-hybridized carbons (Fsp3) is 0. The van der Waals surface area contributed by atoms with Gasteiger partial charge in [0.2, 0.25) is 0 Å². The van der Waals surface area contributed by atoms with Gasteiger partial charge in [0.15, 0.2) is 0 Å². The number of hydrogen-bond donors (Lipinski definition) is 0. The number of benzene rings is 4. The van der Waals surface area contributed by atoms with Crippen LogP contribution in [0.15, 0.2) is 122 Å². The first-order chi connectivity index (χ1) is 18.4. The highest BCUT2D eigenvalue weighted by molar-refractivity contribution is 7.17. The Hall–Kier alpha value is -4.74. The van der Waals surface area contributed by atoms with E-state index < -0.39 is 0 Å². The molecular weight excluding hydrogens is 472 g/mol. The molecule has 8 aromatic rings. The van der Waals surface area contributed by atoms with Crippen LogP contribution in [0.4, 0.5) is 0 Å². The molecule has 4 aromatic carbocycles. The van der Waals surface area contributed by atoms with Crippen molar-refractivity contribution in [3.63, 3.8) is 0 Å². The Kier molecular flexibility index (Phi) is 4.36. The summed E-state index contributed by atoms with van der Waals surface area (Å²) in [4.78, 5) is 9.50. The van der Waals surface area contributed by atoms with E-state index in [-0.39, 0.29) is 0 Å². The van der Waals surface area contributed by atoms with E-state index in [1.54, 1.807) is 11.3 Å². The Morgan fingerprint density at radius 1 is 0.514 bits per heavy atom. The van der Waals surface area contributed by atoms with Gasteiger partial charge < -0.3 is 0 Å². The highest BCUT2D eigenvalue weighted by atomic mass is 32.1. The average molecular weight is 493 g/mol. The lowest BCUT2D eigenvalue weighted by Gasteiger charge is -2.07. The van der Waals surface area contributed by atoms with Crippen LogP contribution in [0.2, 0.25) is 0 Å². The molecule has 4 nitrogen and oxygen atoms in total. The lowest BCUT2D eigenvalue weighted by atomic mass is 10.1. The molecule has 0 radical (unpaired) electrons. The molecule has 37 heavy (non-hydrogen) atoms. The number of rotatable bonds is 3. The van der Waals surface area contributed by atoms with E-state index in [2.05, 4.69) is 100 Å². The summed E-state index contributed by atoms with van der Waals surface area (Å²) in [6.45, 7) is 0. The Morgan fingerprint density at radius 3 is 1.84 bits per heavy atom. The molecule has 0 N–H and O–H groups in total. The van der Waals surface area contributed by atoms with Crippen molar-refractivity contribution in [3.8, 4) is 21.4 Å². The van der Waals surface area contributed by atoms with Crippen molar-refractivity contribution in [2.45, 2.75) is 0 Å². The molecule has 0 atom stereocenters. The minimum absolute atomic E-state index is 0.923. The van der Waals surface area contributed by atoms with Crippen LogP contribution in [-0.2, 0) is 0 Å². The number of pyridine rings is 1. The Morgan fingerprint density at radius 2 is 1.14 bits per heavy atom. The minimum Gasteiger partial charge on any atom is -0.299 e. The van der Waals surface area contributed by atoms with Gasteiger partial charge in [-0.15, -0.1) is 0 Å². The summed E-state index contributed by atoms with van der Waals surface area (Å²) in [5, 5.41) is 7.11. The van der Waals surface area contributed by atoms with Gasteiger partial charge in [0.1, 0.15) is 15.8 Å². The summed E-state index contributed by atoms with van der Waals surface area (Å²) in [7, 11) is 0. The van der Waals surface area contributed by atoms with E-state index in [1.807, 2.05) is 30.6 Å². The van der Waals surface area contributed by atoms with Crippen LogP contribution in [-0.4, -0.2) is 19.1 Å². The van der Waals surface area contributed by atoms with E-state index in [0.717, 1.165) is 32.4 Å². The van der Waals surface area contributed by atoms with Gasteiger partial charge in [-0.05, 0) is 36.4 Å². The van der Waals surface area contributed by atoms with Crippen LogP contribution in [0.25, 0.3) is 65.0 Å². The normalized spacial score (nSPS) is 11.8. The molecule has 0 bridgehead atoms. The third-order valence-corrected chi connectivity index (χ3v) is 8.12. The second-order valence-electron chi connectivity index (χ2n) is 9.12. The predicted molar refractivity (Wildman–Crippen MR) is 154 cm³/mol.